The lowest BCUT2D eigenvalue weighted by atomic mass is 10.1. The minimum Gasteiger partial charge on any atom is -0.466 e. The van der Waals surface area contributed by atoms with E-state index in [9.17, 15) is 14.4 Å². The van der Waals surface area contributed by atoms with Crippen molar-refractivity contribution in [2.45, 2.75) is 32.7 Å². The SMILES string of the molecule is CC(=O)OCC[C@@H](C)n1c(NC(=O)c2cccc(C#N)c2)nc2cc(N3CCCOC3=O)ccc21. The molecule has 1 aliphatic rings. The van der Waals surface area contributed by atoms with Crippen LogP contribution >= 0.6 is 0 Å². The molecular formula is C25H25N5O5. The average molecular weight is 476 g/mol. The molecular weight excluding hydrogens is 450 g/mol. The standard InChI is InChI=1S/C25H25N5O5/c1-16(9-12-34-17(2)31)30-22-8-7-20(29-10-4-11-35-25(29)33)14-21(22)27-24(30)28-23(32)19-6-3-5-18(13-19)15-26/h3,5-8,13-14,16H,4,9-12H2,1-2H3,(H,27,28,32)/t16-/m1/s1. The van der Waals surface area contributed by atoms with Gasteiger partial charge in [0, 0.05) is 37.2 Å². The Morgan fingerprint density at radius 1 is 1.29 bits per heavy atom. The summed E-state index contributed by atoms with van der Waals surface area (Å²) >= 11 is 0. The lowest BCUT2D eigenvalue weighted by molar-refractivity contribution is -0.141. The molecule has 2 aromatic carbocycles. The first-order valence-corrected chi connectivity index (χ1v) is 11.3. The number of aromatic nitrogens is 2. The number of nitrogens with one attached hydrogen (secondary N) is 1. The number of ether oxygens (including phenoxy) is 2. The van der Waals surface area contributed by atoms with E-state index in [-0.39, 0.29) is 18.6 Å². The summed E-state index contributed by atoms with van der Waals surface area (Å²) in [5.41, 5.74) is 2.68. The van der Waals surface area contributed by atoms with E-state index in [4.69, 9.17) is 14.7 Å². The zero-order valence-electron chi connectivity index (χ0n) is 19.5. The Kier molecular flexibility index (Phi) is 6.96. The van der Waals surface area contributed by atoms with Crippen molar-refractivity contribution in [1.82, 2.24) is 9.55 Å². The van der Waals surface area contributed by atoms with Crippen LogP contribution in [0.1, 0.15) is 48.7 Å². The number of nitriles is 1. The van der Waals surface area contributed by atoms with E-state index in [0.717, 1.165) is 11.9 Å². The van der Waals surface area contributed by atoms with Gasteiger partial charge in [-0.15, -0.1) is 0 Å². The van der Waals surface area contributed by atoms with Crippen LogP contribution in [-0.4, -0.2) is 47.3 Å². The van der Waals surface area contributed by atoms with Gasteiger partial charge in [-0.3, -0.25) is 19.8 Å². The van der Waals surface area contributed by atoms with Gasteiger partial charge in [0.15, 0.2) is 0 Å². The first-order chi connectivity index (χ1) is 16.9. The minimum absolute atomic E-state index is 0.175. The summed E-state index contributed by atoms with van der Waals surface area (Å²) in [6, 6.07) is 13.7. The number of esters is 1. The predicted octanol–water partition coefficient (Wildman–Crippen LogP) is 4.02. The summed E-state index contributed by atoms with van der Waals surface area (Å²) in [6.45, 7) is 4.45. The molecule has 0 saturated carbocycles. The van der Waals surface area contributed by atoms with Gasteiger partial charge >= 0.3 is 12.1 Å². The fourth-order valence-electron chi connectivity index (χ4n) is 3.98. The molecule has 1 aliphatic heterocycles. The molecule has 1 N–H and O–H groups in total. The number of rotatable bonds is 7. The fraction of sp³-hybridized carbons (Fsp3) is 0.320. The number of imidazole rings is 1. The smallest absolute Gasteiger partial charge is 0.414 e. The summed E-state index contributed by atoms with van der Waals surface area (Å²) in [7, 11) is 0. The molecule has 10 nitrogen and oxygen atoms in total. The van der Waals surface area contributed by atoms with Crippen LogP contribution in [0, 0.1) is 11.3 Å². The van der Waals surface area contributed by atoms with Crippen molar-refractivity contribution in [2.75, 3.05) is 30.0 Å². The average Bonchev–Trinajstić information content (AvgIpc) is 3.21. The van der Waals surface area contributed by atoms with Gasteiger partial charge in [0.05, 0.1) is 35.9 Å². The Morgan fingerprint density at radius 3 is 2.86 bits per heavy atom. The Morgan fingerprint density at radius 2 is 2.11 bits per heavy atom. The molecule has 0 radical (unpaired) electrons. The largest absolute Gasteiger partial charge is 0.466 e. The first kappa shape index (κ1) is 23.8. The van der Waals surface area contributed by atoms with Gasteiger partial charge in [-0.2, -0.15) is 5.26 Å². The van der Waals surface area contributed by atoms with E-state index in [1.54, 1.807) is 29.2 Å². The predicted molar refractivity (Wildman–Crippen MR) is 128 cm³/mol. The Balaban J connectivity index is 1.70. The highest BCUT2D eigenvalue weighted by Crippen LogP contribution is 2.30. The molecule has 2 heterocycles. The summed E-state index contributed by atoms with van der Waals surface area (Å²) < 4.78 is 12.1. The number of amides is 2. The van der Waals surface area contributed by atoms with Crippen LogP contribution in [0.15, 0.2) is 42.5 Å². The zero-order chi connectivity index (χ0) is 24.9. The second-order valence-electron chi connectivity index (χ2n) is 8.22. The first-order valence-electron chi connectivity index (χ1n) is 11.3. The quantitative estimate of drug-likeness (QED) is 0.511. The molecule has 2 amide bonds. The number of anilines is 2. The normalized spacial score (nSPS) is 14.2. The van der Waals surface area contributed by atoms with E-state index in [1.165, 1.54) is 13.0 Å². The maximum atomic E-state index is 13.0. The molecule has 4 rings (SSSR count). The number of fused-ring (bicyclic) bond motifs is 1. The molecule has 180 valence electrons. The number of cyclic esters (lactones) is 1. The number of carbonyl (C=O) groups is 3. The molecule has 1 fully saturated rings. The monoisotopic (exact) mass is 475 g/mol. The third kappa shape index (κ3) is 5.24. The van der Waals surface area contributed by atoms with Gasteiger partial charge in [-0.1, -0.05) is 6.07 Å². The van der Waals surface area contributed by atoms with Crippen molar-refractivity contribution >= 4 is 40.6 Å². The third-order valence-corrected chi connectivity index (χ3v) is 5.72. The molecule has 10 heteroatoms. The van der Waals surface area contributed by atoms with Crippen molar-refractivity contribution in [1.29, 1.82) is 5.26 Å². The van der Waals surface area contributed by atoms with Crippen LogP contribution in [0.5, 0.6) is 0 Å². The summed E-state index contributed by atoms with van der Waals surface area (Å²) in [4.78, 5) is 42.6. The van der Waals surface area contributed by atoms with Gasteiger partial charge in [-0.25, -0.2) is 9.78 Å². The number of hydrogen-bond acceptors (Lipinski definition) is 7. The van der Waals surface area contributed by atoms with Gasteiger partial charge in [0.2, 0.25) is 5.95 Å². The third-order valence-electron chi connectivity index (χ3n) is 5.72. The second-order valence-corrected chi connectivity index (χ2v) is 8.22. The highest BCUT2D eigenvalue weighted by molar-refractivity contribution is 6.04. The molecule has 1 aromatic heterocycles. The lowest BCUT2D eigenvalue weighted by Crippen LogP contribution is -2.37. The van der Waals surface area contributed by atoms with E-state index >= 15 is 0 Å². The molecule has 0 unspecified atom stereocenters. The molecule has 1 atom stereocenters. The van der Waals surface area contributed by atoms with Crippen molar-refractivity contribution in [3.05, 3.63) is 53.6 Å². The molecule has 0 aliphatic carbocycles. The summed E-state index contributed by atoms with van der Waals surface area (Å²) in [5, 5.41) is 12.0. The van der Waals surface area contributed by atoms with Gasteiger partial charge in [0.25, 0.3) is 5.91 Å². The summed E-state index contributed by atoms with van der Waals surface area (Å²) in [6.07, 6.45) is 0.822. The van der Waals surface area contributed by atoms with Crippen molar-refractivity contribution < 1.29 is 23.9 Å². The topological polar surface area (TPSA) is 127 Å². The molecule has 1 saturated heterocycles. The van der Waals surface area contributed by atoms with Crippen LogP contribution in [0.4, 0.5) is 16.4 Å². The van der Waals surface area contributed by atoms with Crippen molar-refractivity contribution in [3.8, 4) is 6.07 Å². The number of carbonyl (C=O) groups excluding carboxylic acids is 3. The molecule has 3 aromatic rings. The number of benzene rings is 2. The zero-order valence-corrected chi connectivity index (χ0v) is 19.5. The van der Waals surface area contributed by atoms with Crippen LogP contribution in [0.2, 0.25) is 0 Å². The van der Waals surface area contributed by atoms with Crippen LogP contribution < -0.4 is 10.2 Å². The summed E-state index contributed by atoms with van der Waals surface area (Å²) in [5.74, 6) is -0.469. The number of hydrogen-bond donors (Lipinski definition) is 1. The Bertz CT molecular complexity index is 1330. The molecule has 0 bridgehead atoms. The maximum absolute atomic E-state index is 13.0. The second kappa shape index (κ2) is 10.3. The number of nitrogens with zero attached hydrogens (tertiary/aromatic N) is 4. The maximum Gasteiger partial charge on any atom is 0.414 e. The van der Waals surface area contributed by atoms with Gasteiger partial charge in [0.1, 0.15) is 0 Å². The van der Waals surface area contributed by atoms with E-state index in [0.29, 0.717) is 47.9 Å². The van der Waals surface area contributed by atoms with Crippen LogP contribution in [0.25, 0.3) is 11.0 Å². The highest BCUT2D eigenvalue weighted by Gasteiger charge is 2.24. The van der Waals surface area contributed by atoms with Gasteiger partial charge < -0.3 is 14.0 Å². The van der Waals surface area contributed by atoms with E-state index < -0.39 is 12.0 Å². The van der Waals surface area contributed by atoms with Crippen LogP contribution in [-0.2, 0) is 14.3 Å². The fourth-order valence-corrected chi connectivity index (χ4v) is 3.98. The highest BCUT2D eigenvalue weighted by atomic mass is 16.6. The molecule has 35 heavy (non-hydrogen) atoms. The van der Waals surface area contributed by atoms with Crippen molar-refractivity contribution in [3.63, 3.8) is 0 Å². The Labute approximate surface area is 202 Å². The molecule has 0 spiro atoms. The van der Waals surface area contributed by atoms with E-state index in [2.05, 4.69) is 10.3 Å². The Hall–Kier alpha value is -4.39. The van der Waals surface area contributed by atoms with E-state index in [1.807, 2.05) is 29.7 Å². The van der Waals surface area contributed by atoms with Crippen LogP contribution in [0.3, 0.4) is 0 Å². The lowest BCUT2D eigenvalue weighted by Gasteiger charge is -2.26. The van der Waals surface area contributed by atoms with Crippen molar-refractivity contribution in [2.24, 2.45) is 0 Å². The minimum atomic E-state index is -0.411. The van der Waals surface area contributed by atoms with Gasteiger partial charge in [-0.05, 0) is 49.7 Å².